The van der Waals surface area contributed by atoms with E-state index in [1.165, 1.54) is 15.9 Å². The number of hydrogen-bond acceptors (Lipinski definition) is 4. The lowest BCUT2D eigenvalue weighted by Crippen LogP contribution is -2.30. The van der Waals surface area contributed by atoms with Crippen LogP contribution in [0.4, 0.5) is 0 Å². The van der Waals surface area contributed by atoms with Crippen molar-refractivity contribution in [3.63, 3.8) is 0 Å². The monoisotopic (exact) mass is 388 g/mol. The minimum Gasteiger partial charge on any atom is -0.455 e. The van der Waals surface area contributed by atoms with Crippen molar-refractivity contribution in [2.24, 2.45) is 0 Å². The van der Waals surface area contributed by atoms with E-state index >= 15 is 0 Å². The molecule has 7 heteroatoms. The van der Waals surface area contributed by atoms with Crippen LogP contribution in [-0.4, -0.2) is 43.7 Å². The van der Waals surface area contributed by atoms with Crippen molar-refractivity contribution in [2.45, 2.75) is 43.5 Å². The second-order valence-electron chi connectivity index (χ2n) is 7.31. The van der Waals surface area contributed by atoms with Crippen molar-refractivity contribution in [2.75, 3.05) is 20.1 Å². The van der Waals surface area contributed by atoms with Gasteiger partial charge in [-0.15, -0.1) is 0 Å². The Labute approximate surface area is 159 Å². The van der Waals surface area contributed by atoms with Crippen molar-refractivity contribution in [3.8, 4) is 0 Å². The fraction of sp³-hybridized carbons (Fsp3) is 0.450. The number of hydrogen-bond donors (Lipinski definition) is 0. The molecular formula is C20H24N2O4S. The molecule has 0 radical (unpaired) electrons. The zero-order valence-corrected chi connectivity index (χ0v) is 16.5. The van der Waals surface area contributed by atoms with Crippen molar-refractivity contribution in [3.05, 3.63) is 53.0 Å². The number of carbonyl (C=O) groups excluding carboxylic acids is 1. The van der Waals surface area contributed by atoms with Crippen LogP contribution in [0.5, 0.6) is 0 Å². The van der Waals surface area contributed by atoms with E-state index in [1.807, 2.05) is 18.2 Å². The Morgan fingerprint density at radius 2 is 1.93 bits per heavy atom. The van der Waals surface area contributed by atoms with Gasteiger partial charge in [-0.25, -0.2) is 8.42 Å². The smallest absolute Gasteiger partial charge is 0.289 e. The second kappa shape index (κ2) is 6.80. The van der Waals surface area contributed by atoms with E-state index in [4.69, 9.17) is 4.42 Å². The number of aryl methyl sites for hydroxylation is 2. The highest BCUT2D eigenvalue weighted by Crippen LogP contribution is 2.36. The maximum atomic E-state index is 13.0. The largest absolute Gasteiger partial charge is 0.455 e. The van der Waals surface area contributed by atoms with Crippen LogP contribution in [0.2, 0.25) is 0 Å². The highest BCUT2D eigenvalue weighted by molar-refractivity contribution is 7.89. The van der Waals surface area contributed by atoms with Crippen LogP contribution in [0.15, 0.2) is 39.6 Å². The van der Waals surface area contributed by atoms with Gasteiger partial charge in [0.1, 0.15) is 10.7 Å². The molecule has 2 heterocycles. The molecule has 0 spiro atoms. The molecule has 4 rings (SSSR count). The average Bonchev–Trinajstić information content (AvgIpc) is 3.39. The Bertz CT molecular complexity index is 974. The summed E-state index contributed by atoms with van der Waals surface area (Å²) in [6, 6.07) is 9.50. The van der Waals surface area contributed by atoms with Gasteiger partial charge in [0.05, 0.1) is 6.04 Å². The molecule has 0 bridgehead atoms. The molecule has 1 aliphatic heterocycles. The fourth-order valence-electron chi connectivity index (χ4n) is 4.15. The summed E-state index contributed by atoms with van der Waals surface area (Å²) in [5.41, 5.74) is 2.41. The number of amides is 1. The van der Waals surface area contributed by atoms with Crippen molar-refractivity contribution in [1.82, 2.24) is 9.21 Å². The predicted molar refractivity (Wildman–Crippen MR) is 101 cm³/mol. The Hall–Kier alpha value is -2.12. The summed E-state index contributed by atoms with van der Waals surface area (Å²) in [6.07, 6.45) is 3.53. The van der Waals surface area contributed by atoms with E-state index in [-0.39, 0.29) is 28.4 Å². The number of carbonyl (C=O) groups is 1. The van der Waals surface area contributed by atoms with E-state index in [2.05, 4.69) is 6.07 Å². The lowest BCUT2D eigenvalue weighted by Gasteiger charge is -2.24. The molecule has 0 unspecified atom stereocenters. The SMILES string of the molecule is Cc1oc(C(=O)N(C)[C@@H]2CCc3ccccc32)cc1S(=O)(=O)N1CCCC1. The first-order valence-electron chi connectivity index (χ1n) is 9.35. The molecule has 6 nitrogen and oxygen atoms in total. The highest BCUT2D eigenvalue weighted by atomic mass is 32.2. The topological polar surface area (TPSA) is 70.8 Å². The lowest BCUT2D eigenvalue weighted by atomic mass is 10.1. The number of furan rings is 1. The minimum absolute atomic E-state index is 0.0160. The van der Waals surface area contributed by atoms with Crippen LogP contribution < -0.4 is 0 Å². The van der Waals surface area contributed by atoms with E-state index in [9.17, 15) is 13.2 Å². The quantitative estimate of drug-likeness (QED) is 0.807. The first kappa shape index (κ1) is 18.3. The van der Waals surface area contributed by atoms with Gasteiger partial charge in [0.2, 0.25) is 10.0 Å². The zero-order valence-electron chi connectivity index (χ0n) is 15.6. The first-order valence-corrected chi connectivity index (χ1v) is 10.8. The van der Waals surface area contributed by atoms with Crippen LogP contribution in [0.1, 0.15) is 52.7 Å². The molecule has 0 N–H and O–H groups in total. The zero-order chi connectivity index (χ0) is 19.2. The molecule has 1 saturated heterocycles. The molecule has 1 aliphatic carbocycles. The molecule has 1 atom stereocenters. The fourth-order valence-corrected chi connectivity index (χ4v) is 5.82. The molecule has 1 amide bonds. The van der Waals surface area contributed by atoms with Crippen LogP contribution >= 0.6 is 0 Å². The third-order valence-electron chi connectivity index (χ3n) is 5.65. The molecule has 0 saturated carbocycles. The third kappa shape index (κ3) is 3.08. The number of sulfonamides is 1. The van der Waals surface area contributed by atoms with Crippen LogP contribution in [-0.2, 0) is 16.4 Å². The summed E-state index contributed by atoms with van der Waals surface area (Å²) in [5.74, 6) is 0.0605. The molecule has 144 valence electrons. The molecule has 2 aliphatic rings. The van der Waals surface area contributed by atoms with Gasteiger partial charge in [0, 0.05) is 26.2 Å². The Balaban J connectivity index is 1.60. The number of fused-ring (bicyclic) bond motifs is 1. The predicted octanol–water partition coefficient (Wildman–Crippen LogP) is 3.13. The van der Waals surface area contributed by atoms with Crippen LogP contribution in [0.3, 0.4) is 0 Å². The Morgan fingerprint density at radius 1 is 1.22 bits per heavy atom. The van der Waals surface area contributed by atoms with Gasteiger partial charge in [0.25, 0.3) is 5.91 Å². The summed E-state index contributed by atoms with van der Waals surface area (Å²) in [4.78, 5) is 14.7. The van der Waals surface area contributed by atoms with Gasteiger partial charge in [-0.2, -0.15) is 4.31 Å². The summed E-state index contributed by atoms with van der Waals surface area (Å²) in [7, 11) is -1.86. The molecular weight excluding hydrogens is 364 g/mol. The number of nitrogens with zero attached hydrogens (tertiary/aromatic N) is 2. The Kier molecular flexibility index (Phi) is 4.60. The number of rotatable bonds is 4. The number of benzene rings is 1. The minimum atomic E-state index is -3.61. The summed E-state index contributed by atoms with van der Waals surface area (Å²) >= 11 is 0. The Morgan fingerprint density at radius 3 is 2.67 bits per heavy atom. The normalized spacial score (nSPS) is 20.0. The van der Waals surface area contributed by atoms with Gasteiger partial charge >= 0.3 is 0 Å². The van der Waals surface area contributed by atoms with Crippen LogP contribution in [0.25, 0.3) is 0 Å². The summed E-state index contributed by atoms with van der Waals surface area (Å²) in [5, 5.41) is 0. The van der Waals surface area contributed by atoms with Crippen molar-refractivity contribution in [1.29, 1.82) is 0 Å². The maximum absolute atomic E-state index is 13.0. The standard InChI is InChI=1S/C20H24N2O4S/c1-14-19(27(24,25)22-11-5-6-12-22)13-18(26-14)20(23)21(2)17-10-9-15-7-3-4-8-16(15)17/h3-4,7-8,13,17H,5-6,9-12H2,1-2H3/t17-/m1/s1. The van der Waals surface area contributed by atoms with Gasteiger partial charge < -0.3 is 9.32 Å². The van der Waals surface area contributed by atoms with Gasteiger partial charge in [-0.3, -0.25) is 4.79 Å². The average molecular weight is 388 g/mol. The first-order chi connectivity index (χ1) is 12.9. The molecule has 1 aromatic heterocycles. The summed E-state index contributed by atoms with van der Waals surface area (Å²) in [6.45, 7) is 2.65. The van der Waals surface area contributed by atoms with E-state index in [0.29, 0.717) is 13.1 Å². The van der Waals surface area contributed by atoms with E-state index in [1.54, 1.807) is 18.9 Å². The molecule has 27 heavy (non-hydrogen) atoms. The highest BCUT2D eigenvalue weighted by Gasteiger charge is 2.34. The lowest BCUT2D eigenvalue weighted by molar-refractivity contribution is 0.0697. The van der Waals surface area contributed by atoms with Gasteiger partial charge in [0.15, 0.2) is 5.76 Å². The van der Waals surface area contributed by atoms with Gasteiger partial charge in [-0.1, -0.05) is 24.3 Å². The third-order valence-corrected chi connectivity index (χ3v) is 7.66. The van der Waals surface area contributed by atoms with Gasteiger partial charge in [-0.05, 0) is 43.7 Å². The second-order valence-corrected chi connectivity index (χ2v) is 9.22. The molecule has 2 aromatic rings. The van der Waals surface area contributed by atoms with Crippen molar-refractivity contribution < 1.29 is 17.6 Å². The van der Waals surface area contributed by atoms with E-state index < -0.39 is 10.0 Å². The van der Waals surface area contributed by atoms with E-state index in [0.717, 1.165) is 31.2 Å². The van der Waals surface area contributed by atoms with Crippen molar-refractivity contribution >= 4 is 15.9 Å². The maximum Gasteiger partial charge on any atom is 0.289 e. The summed E-state index contributed by atoms with van der Waals surface area (Å²) < 4.78 is 32.7. The molecule has 1 fully saturated rings. The molecule has 1 aromatic carbocycles. The van der Waals surface area contributed by atoms with Crippen LogP contribution in [0, 0.1) is 6.92 Å².